The molecule has 8 heteroatoms. The van der Waals surface area contributed by atoms with Gasteiger partial charge in [0.25, 0.3) is 5.91 Å². The zero-order valence-electron chi connectivity index (χ0n) is 16.0. The molecule has 2 N–H and O–H groups in total. The standard InChI is InChI=1S/C20H25N3O4S/c1-15-6-5-7-16(10-15)22-18(25)12-28-13-19(26)27-11-17(24)23-20(14-21)8-3-2-4-9-20/h5-7,10H,2-4,8-9,11-13H2,1H3,(H,22,25)(H,23,24). The second kappa shape index (κ2) is 10.7. The van der Waals surface area contributed by atoms with E-state index in [9.17, 15) is 19.6 Å². The number of nitrogens with zero attached hydrogens (tertiary/aromatic N) is 1. The third-order valence-electron chi connectivity index (χ3n) is 4.42. The van der Waals surface area contributed by atoms with Crippen molar-refractivity contribution < 1.29 is 19.1 Å². The average molecular weight is 404 g/mol. The van der Waals surface area contributed by atoms with Crippen LogP contribution in [0.4, 0.5) is 5.69 Å². The molecule has 1 aliphatic carbocycles. The van der Waals surface area contributed by atoms with Gasteiger partial charge in [0.15, 0.2) is 6.61 Å². The summed E-state index contributed by atoms with van der Waals surface area (Å²) in [6, 6.07) is 9.62. The number of hydrogen-bond acceptors (Lipinski definition) is 6. The van der Waals surface area contributed by atoms with Gasteiger partial charge >= 0.3 is 5.97 Å². The lowest BCUT2D eigenvalue weighted by Gasteiger charge is -2.31. The molecule has 1 fully saturated rings. The molecule has 0 heterocycles. The highest BCUT2D eigenvalue weighted by atomic mass is 32.2. The topological polar surface area (TPSA) is 108 Å². The van der Waals surface area contributed by atoms with Crippen LogP contribution in [0.5, 0.6) is 0 Å². The molecule has 0 bridgehead atoms. The van der Waals surface area contributed by atoms with Gasteiger partial charge in [0.05, 0.1) is 17.6 Å². The van der Waals surface area contributed by atoms with Crippen molar-refractivity contribution in [3.8, 4) is 6.07 Å². The monoisotopic (exact) mass is 403 g/mol. The lowest BCUT2D eigenvalue weighted by Crippen LogP contribution is -2.50. The van der Waals surface area contributed by atoms with E-state index < -0.39 is 24.0 Å². The molecule has 1 aliphatic rings. The van der Waals surface area contributed by atoms with Crippen molar-refractivity contribution in [2.45, 2.75) is 44.6 Å². The quantitative estimate of drug-likeness (QED) is 0.646. The molecule has 0 saturated heterocycles. The fourth-order valence-electron chi connectivity index (χ4n) is 3.06. The summed E-state index contributed by atoms with van der Waals surface area (Å²) in [7, 11) is 0. The van der Waals surface area contributed by atoms with Crippen LogP contribution in [0, 0.1) is 18.3 Å². The Kier molecular flexibility index (Phi) is 8.33. The number of aryl methyl sites for hydroxylation is 1. The van der Waals surface area contributed by atoms with E-state index in [1.54, 1.807) is 6.07 Å². The molecule has 2 amide bonds. The summed E-state index contributed by atoms with van der Waals surface area (Å²) in [6.45, 7) is 1.52. The Balaban J connectivity index is 1.63. The van der Waals surface area contributed by atoms with E-state index in [1.165, 1.54) is 0 Å². The van der Waals surface area contributed by atoms with Crippen LogP contribution in [-0.4, -0.2) is 41.4 Å². The molecule has 0 unspecified atom stereocenters. The predicted octanol–water partition coefficient (Wildman–Crippen LogP) is 2.55. The van der Waals surface area contributed by atoms with Gasteiger partial charge < -0.3 is 15.4 Å². The number of anilines is 1. The Labute approximate surface area is 169 Å². The van der Waals surface area contributed by atoms with Gasteiger partial charge in [-0.2, -0.15) is 5.26 Å². The fourth-order valence-corrected chi connectivity index (χ4v) is 3.67. The molecule has 7 nitrogen and oxygen atoms in total. The van der Waals surface area contributed by atoms with Crippen molar-refractivity contribution in [1.29, 1.82) is 5.26 Å². The summed E-state index contributed by atoms with van der Waals surface area (Å²) >= 11 is 1.11. The Morgan fingerprint density at radius 1 is 1.18 bits per heavy atom. The van der Waals surface area contributed by atoms with Crippen LogP contribution in [0.3, 0.4) is 0 Å². The highest BCUT2D eigenvalue weighted by Gasteiger charge is 2.33. The third-order valence-corrected chi connectivity index (χ3v) is 5.33. The molecule has 28 heavy (non-hydrogen) atoms. The summed E-state index contributed by atoms with van der Waals surface area (Å²) < 4.78 is 4.94. The Hall–Kier alpha value is -2.53. The molecule has 0 radical (unpaired) electrons. The number of amides is 2. The number of rotatable bonds is 8. The molecule has 1 aromatic rings. The summed E-state index contributed by atoms with van der Waals surface area (Å²) in [5.41, 5.74) is 0.905. The lowest BCUT2D eigenvalue weighted by atomic mass is 9.83. The summed E-state index contributed by atoms with van der Waals surface area (Å²) in [6.07, 6.45) is 4.09. The normalized spacial score (nSPS) is 15.1. The van der Waals surface area contributed by atoms with Gasteiger partial charge in [0.1, 0.15) is 5.54 Å². The molecule has 0 spiro atoms. The van der Waals surface area contributed by atoms with Crippen molar-refractivity contribution in [3.05, 3.63) is 29.8 Å². The maximum atomic E-state index is 12.0. The number of hydrogen-bond donors (Lipinski definition) is 2. The van der Waals surface area contributed by atoms with Crippen molar-refractivity contribution in [2.24, 2.45) is 0 Å². The van der Waals surface area contributed by atoms with E-state index >= 15 is 0 Å². The smallest absolute Gasteiger partial charge is 0.316 e. The van der Waals surface area contributed by atoms with Crippen molar-refractivity contribution in [3.63, 3.8) is 0 Å². The number of benzene rings is 1. The predicted molar refractivity (Wildman–Crippen MR) is 108 cm³/mol. The molecule has 150 valence electrons. The highest BCUT2D eigenvalue weighted by molar-refractivity contribution is 8.00. The minimum Gasteiger partial charge on any atom is -0.455 e. The largest absolute Gasteiger partial charge is 0.455 e. The van der Waals surface area contributed by atoms with E-state index in [0.717, 1.165) is 36.6 Å². The fraction of sp³-hybridized carbons (Fsp3) is 0.500. The first-order valence-corrected chi connectivity index (χ1v) is 10.4. The van der Waals surface area contributed by atoms with E-state index in [4.69, 9.17) is 4.74 Å². The Morgan fingerprint density at radius 3 is 2.61 bits per heavy atom. The zero-order chi connectivity index (χ0) is 20.4. The molecular formula is C20H25N3O4S. The summed E-state index contributed by atoms with van der Waals surface area (Å²) in [5, 5.41) is 14.8. The highest BCUT2D eigenvalue weighted by Crippen LogP contribution is 2.27. The van der Waals surface area contributed by atoms with Gasteiger partial charge in [-0.05, 0) is 37.5 Å². The molecular weight excluding hydrogens is 378 g/mol. The number of carbonyl (C=O) groups excluding carboxylic acids is 3. The molecule has 0 aromatic heterocycles. The minimum atomic E-state index is -0.843. The van der Waals surface area contributed by atoms with E-state index in [-0.39, 0.29) is 17.4 Å². The second-order valence-electron chi connectivity index (χ2n) is 6.87. The van der Waals surface area contributed by atoms with Crippen molar-refractivity contribution in [1.82, 2.24) is 5.32 Å². The number of esters is 1. The maximum absolute atomic E-state index is 12.0. The third kappa shape index (κ3) is 7.24. The number of thioether (sulfide) groups is 1. The van der Waals surface area contributed by atoms with Crippen LogP contribution >= 0.6 is 11.8 Å². The van der Waals surface area contributed by atoms with Crippen LogP contribution < -0.4 is 10.6 Å². The maximum Gasteiger partial charge on any atom is 0.316 e. The van der Waals surface area contributed by atoms with E-state index in [0.29, 0.717) is 18.5 Å². The van der Waals surface area contributed by atoms with Crippen LogP contribution in [-0.2, 0) is 19.1 Å². The number of ether oxygens (including phenoxy) is 1. The molecule has 0 aliphatic heterocycles. The van der Waals surface area contributed by atoms with E-state index in [2.05, 4.69) is 16.7 Å². The molecule has 1 aromatic carbocycles. The van der Waals surface area contributed by atoms with Crippen LogP contribution in [0.15, 0.2) is 24.3 Å². The molecule has 1 saturated carbocycles. The van der Waals surface area contributed by atoms with Crippen molar-refractivity contribution in [2.75, 3.05) is 23.4 Å². The number of nitriles is 1. The van der Waals surface area contributed by atoms with Gasteiger partial charge in [-0.15, -0.1) is 11.8 Å². The summed E-state index contributed by atoms with van der Waals surface area (Å²) in [4.78, 5) is 35.6. The summed E-state index contributed by atoms with van der Waals surface area (Å²) in [5.74, 6) is -1.18. The lowest BCUT2D eigenvalue weighted by molar-refractivity contribution is -0.146. The number of nitrogens with one attached hydrogen (secondary N) is 2. The Bertz CT molecular complexity index is 754. The molecule has 2 rings (SSSR count). The van der Waals surface area contributed by atoms with Gasteiger partial charge in [-0.25, -0.2) is 0 Å². The van der Waals surface area contributed by atoms with Crippen LogP contribution in [0.25, 0.3) is 0 Å². The van der Waals surface area contributed by atoms with Crippen molar-refractivity contribution >= 4 is 35.2 Å². The van der Waals surface area contributed by atoms with Crippen LogP contribution in [0.2, 0.25) is 0 Å². The second-order valence-corrected chi connectivity index (χ2v) is 7.86. The zero-order valence-corrected chi connectivity index (χ0v) is 16.8. The van der Waals surface area contributed by atoms with Gasteiger partial charge in [0.2, 0.25) is 5.91 Å². The Morgan fingerprint density at radius 2 is 1.93 bits per heavy atom. The first-order chi connectivity index (χ1) is 13.4. The first-order valence-electron chi connectivity index (χ1n) is 9.25. The minimum absolute atomic E-state index is 0.0299. The van der Waals surface area contributed by atoms with Gasteiger partial charge in [-0.3, -0.25) is 14.4 Å². The van der Waals surface area contributed by atoms with E-state index in [1.807, 2.05) is 25.1 Å². The first kappa shape index (κ1) is 21.8. The van der Waals surface area contributed by atoms with Gasteiger partial charge in [-0.1, -0.05) is 31.4 Å². The average Bonchev–Trinajstić information content (AvgIpc) is 2.67. The van der Waals surface area contributed by atoms with Gasteiger partial charge in [0, 0.05) is 5.69 Å². The number of carbonyl (C=O) groups is 3. The SMILES string of the molecule is Cc1cccc(NC(=O)CSCC(=O)OCC(=O)NC2(C#N)CCCCC2)c1. The molecule has 0 atom stereocenters. The van der Waals surface area contributed by atoms with Crippen LogP contribution in [0.1, 0.15) is 37.7 Å².